The molecule has 0 aromatic heterocycles. The average molecular weight is 451 g/mol. The number of benzene rings is 2. The molecule has 172 valence electrons. The van der Waals surface area contributed by atoms with Crippen molar-refractivity contribution in [2.75, 3.05) is 29.9 Å². The summed E-state index contributed by atoms with van der Waals surface area (Å²) < 4.78 is 14.7. The number of aryl methyl sites for hydroxylation is 1. The summed E-state index contributed by atoms with van der Waals surface area (Å²) in [6, 6.07) is 11.5. The van der Waals surface area contributed by atoms with Crippen LogP contribution < -0.4 is 15.5 Å². The average Bonchev–Trinajstić information content (AvgIpc) is 3.08. The smallest absolute Gasteiger partial charge is 0.329 e. The summed E-state index contributed by atoms with van der Waals surface area (Å²) in [4.78, 5) is 40.5. The van der Waals surface area contributed by atoms with Crippen molar-refractivity contribution < 1.29 is 18.8 Å². The number of para-hydroxylation sites is 1. The van der Waals surface area contributed by atoms with Gasteiger partial charge in [-0.25, -0.2) is 14.1 Å². The number of hydrogen-bond acceptors (Lipinski definition) is 4. The first-order valence-corrected chi connectivity index (χ1v) is 11.2. The maximum atomic E-state index is 14.7. The van der Waals surface area contributed by atoms with Gasteiger partial charge in [-0.2, -0.15) is 0 Å². The lowest BCUT2D eigenvalue weighted by Crippen LogP contribution is -2.38. The van der Waals surface area contributed by atoms with Gasteiger partial charge in [0.2, 0.25) is 5.91 Å². The van der Waals surface area contributed by atoms with Crippen molar-refractivity contribution in [3.63, 3.8) is 0 Å². The fourth-order valence-electron chi connectivity index (χ4n) is 4.14. The minimum absolute atomic E-state index is 0.0635. The highest BCUT2D eigenvalue weighted by atomic mass is 19.1. The van der Waals surface area contributed by atoms with Crippen molar-refractivity contribution in [2.24, 2.45) is 0 Å². The van der Waals surface area contributed by atoms with E-state index < -0.39 is 30.2 Å². The lowest BCUT2D eigenvalue weighted by molar-refractivity contribution is -0.127. The number of urea groups is 1. The molecule has 0 atom stereocenters. The molecule has 2 aliphatic heterocycles. The Hall–Kier alpha value is -3.68. The Labute approximate surface area is 192 Å². The molecule has 33 heavy (non-hydrogen) atoms. The van der Waals surface area contributed by atoms with Gasteiger partial charge in [0.15, 0.2) is 0 Å². The van der Waals surface area contributed by atoms with Crippen molar-refractivity contribution in [3.05, 3.63) is 65.1 Å². The Morgan fingerprint density at radius 3 is 2.61 bits per heavy atom. The van der Waals surface area contributed by atoms with Gasteiger partial charge in [0.05, 0.1) is 0 Å². The zero-order valence-corrected chi connectivity index (χ0v) is 18.6. The molecule has 2 aromatic carbocycles. The molecule has 0 saturated carbocycles. The molecular formula is C25H27FN4O3. The number of hydrogen-bond donors (Lipinski definition) is 2. The summed E-state index contributed by atoms with van der Waals surface area (Å²) in [5, 5.41) is 5.18. The summed E-state index contributed by atoms with van der Waals surface area (Å²) in [7, 11) is 0. The molecular weight excluding hydrogens is 423 g/mol. The number of carbonyl (C=O) groups is 3. The number of piperidine rings is 1. The Morgan fingerprint density at radius 1 is 1.12 bits per heavy atom. The van der Waals surface area contributed by atoms with Gasteiger partial charge >= 0.3 is 6.03 Å². The summed E-state index contributed by atoms with van der Waals surface area (Å²) in [5.41, 5.74) is 2.53. The molecule has 0 radical (unpaired) electrons. The molecule has 2 N–H and O–H groups in total. The maximum absolute atomic E-state index is 14.7. The van der Waals surface area contributed by atoms with E-state index >= 15 is 0 Å². The largest absolute Gasteiger partial charge is 0.371 e. The molecule has 2 heterocycles. The summed E-state index contributed by atoms with van der Waals surface area (Å²) in [5.74, 6) is -1.63. The van der Waals surface area contributed by atoms with Crippen LogP contribution in [0.3, 0.4) is 0 Å². The van der Waals surface area contributed by atoms with Crippen LogP contribution in [0.25, 0.3) is 6.08 Å². The number of carbonyl (C=O) groups excluding carboxylic acids is 3. The van der Waals surface area contributed by atoms with E-state index in [1.807, 2.05) is 25.1 Å². The molecule has 4 amide bonds. The lowest BCUT2D eigenvalue weighted by atomic mass is 10.1. The second-order valence-electron chi connectivity index (χ2n) is 8.19. The Kier molecular flexibility index (Phi) is 6.72. The van der Waals surface area contributed by atoms with E-state index in [4.69, 9.17) is 0 Å². The molecule has 2 saturated heterocycles. The van der Waals surface area contributed by atoms with Gasteiger partial charge in [-0.15, -0.1) is 0 Å². The van der Waals surface area contributed by atoms with Crippen LogP contribution in [0.1, 0.15) is 37.3 Å². The van der Waals surface area contributed by atoms with Crippen LogP contribution in [0.4, 0.5) is 20.6 Å². The lowest BCUT2D eigenvalue weighted by Gasteiger charge is -2.28. The molecule has 2 aromatic rings. The predicted molar refractivity (Wildman–Crippen MR) is 125 cm³/mol. The number of halogens is 1. The fraction of sp³-hybridized carbons (Fsp3) is 0.320. The second-order valence-corrected chi connectivity index (χ2v) is 8.19. The molecule has 0 bridgehead atoms. The number of amides is 4. The van der Waals surface area contributed by atoms with Crippen LogP contribution >= 0.6 is 0 Å². The van der Waals surface area contributed by atoms with Gasteiger partial charge in [-0.05, 0) is 61.6 Å². The Balaban J connectivity index is 1.44. The first-order valence-electron chi connectivity index (χ1n) is 11.2. The highest BCUT2D eigenvalue weighted by molar-refractivity contribution is 6.16. The van der Waals surface area contributed by atoms with Crippen LogP contribution in [0.2, 0.25) is 0 Å². The van der Waals surface area contributed by atoms with Crippen LogP contribution in [-0.4, -0.2) is 42.4 Å². The quantitative estimate of drug-likeness (QED) is 0.517. The molecule has 8 heteroatoms. The third kappa shape index (κ3) is 5.05. The van der Waals surface area contributed by atoms with Crippen molar-refractivity contribution in [1.82, 2.24) is 10.2 Å². The monoisotopic (exact) mass is 450 g/mol. The predicted octanol–water partition coefficient (Wildman–Crippen LogP) is 3.91. The second kappa shape index (κ2) is 9.85. The third-order valence-corrected chi connectivity index (χ3v) is 5.94. The van der Waals surface area contributed by atoms with E-state index in [2.05, 4.69) is 15.5 Å². The SMILES string of the molecule is CCc1ccccc1NC(=O)CN1C(=O)N/C(=C/c2ccc(N3CCCCC3)cc2F)C1=O. The van der Waals surface area contributed by atoms with Gasteiger partial charge in [-0.3, -0.25) is 9.59 Å². The molecule has 7 nitrogen and oxygen atoms in total. The van der Waals surface area contributed by atoms with Gasteiger partial charge in [0.25, 0.3) is 5.91 Å². The first kappa shape index (κ1) is 22.5. The molecule has 2 aliphatic rings. The first-order chi connectivity index (χ1) is 16.0. The van der Waals surface area contributed by atoms with Crippen molar-refractivity contribution in [2.45, 2.75) is 32.6 Å². The Morgan fingerprint density at radius 2 is 1.88 bits per heavy atom. The highest BCUT2D eigenvalue weighted by Crippen LogP contribution is 2.24. The molecule has 0 unspecified atom stereocenters. The summed E-state index contributed by atoms with van der Waals surface area (Å²) >= 11 is 0. The zero-order chi connectivity index (χ0) is 23.4. The van der Waals surface area contributed by atoms with Gasteiger partial charge in [0.1, 0.15) is 18.1 Å². The number of imide groups is 1. The zero-order valence-electron chi connectivity index (χ0n) is 18.6. The summed E-state index contributed by atoms with van der Waals surface area (Å²) in [6.45, 7) is 3.33. The topological polar surface area (TPSA) is 81.8 Å². The molecule has 0 aliphatic carbocycles. The van der Waals surface area contributed by atoms with Gasteiger partial charge in [-0.1, -0.05) is 25.1 Å². The van der Waals surface area contributed by atoms with Gasteiger partial charge in [0, 0.05) is 30.0 Å². The number of rotatable bonds is 6. The summed E-state index contributed by atoms with van der Waals surface area (Å²) in [6.07, 6.45) is 5.39. The van der Waals surface area contributed by atoms with Crippen LogP contribution in [-0.2, 0) is 16.0 Å². The third-order valence-electron chi connectivity index (χ3n) is 5.94. The minimum Gasteiger partial charge on any atom is -0.371 e. The standard InChI is InChI=1S/C25H27FN4O3/c1-2-17-8-4-5-9-21(17)27-23(31)16-30-24(32)22(28-25(30)33)14-18-10-11-19(15-20(18)26)29-12-6-3-7-13-29/h4-5,8-11,14-15H,2-3,6-7,12-13,16H2,1H3,(H,27,31)(H,28,33)/b22-14+. The number of anilines is 2. The van der Waals surface area contributed by atoms with Crippen molar-refractivity contribution >= 4 is 35.3 Å². The molecule has 4 rings (SSSR count). The fourth-order valence-corrected chi connectivity index (χ4v) is 4.14. The van der Waals surface area contributed by atoms with E-state index in [1.54, 1.807) is 18.2 Å². The van der Waals surface area contributed by atoms with E-state index in [-0.39, 0.29) is 11.3 Å². The number of nitrogens with one attached hydrogen (secondary N) is 2. The molecule has 0 spiro atoms. The van der Waals surface area contributed by atoms with E-state index in [0.717, 1.165) is 48.5 Å². The van der Waals surface area contributed by atoms with Crippen LogP contribution in [0, 0.1) is 5.82 Å². The van der Waals surface area contributed by atoms with Crippen LogP contribution in [0.15, 0.2) is 48.2 Å². The Bertz CT molecular complexity index is 1110. The normalized spacial score (nSPS) is 17.5. The highest BCUT2D eigenvalue weighted by Gasteiger charge is 2.35. The number of nitrogens with zero attached hydrogens (tertiary/aromatic N) is 2. The van der Waals surface area contributed by atoms with Crippen molar-refractivity contribution in [3.8, 4) is 0 Å². The van der Waals surface area contributed by atoms with E-state index in [0.29, 0.717) is 5.69 Å². The van der Waals surface area contributed by atoms with E-state index in [9.17, 15) is 18.8 Å². The van der Waals surface area contributed by atoms with Crippen LogP contribution in [0.5, 0.6) is 0 Å². The van der Waals surface area contributed by atoms with Crippen molar-refractivity contribution in [1.29, 1.82) is 0 Å². The van der Waals surface area contributed by atoms with Gasteiger partial charge < -0.3 is 15.5 Å². The minimum atomic E-state index is -0.712. The molecule has 2 fully saturated rings. The maximum Gasteiger partial charge on any atom is 0.329 e. The van der Waals surface area contributed by atoms with E-state index in [1.165, 1.54) is 18.6 Å².